The lowest BCUT2D eigenvalue weighted by molar-refractivity contribution is -0.115. The smallest absolute Gasteiger partial charge is 0.252 e. The van der Waals surface area contributed by atoms with Crippen LogP contribution in [-0.4, -0.2) is 23.3 Å². The van der Waals surface area contributed by atoms with Gasteiger partial charge in [-0.3, -0.25) is 9.59 Å². The Bertz CT molecular complexity index is 1050. The molecule has 2 N–H and O–H groups in total. The molecule has 0 saturated heterocycles. The summed E-state index contributed by atoms with van der Waals surface area (Å²) >= 11 is 13.5. The van der Waals surface area contributed by atoms with Gasteiger partial charge in [-0.1, -0.05) is 30.1 Å². The molecule has 0 aliphatic carbocycles. The molecule has 0 spiro atoms. The number of carbonyl (C=O) groups excluding carboxylic acids is 2. The number of thiazole rings is 1. The molecule has 1 aromatic heterocycles. The minimum Gasteiger partial charge on any atom is -0.486 e. The van der Waals surface area contributed by atoms with Gasteiger partial charge in [-0.05, 0) is 48.9 Å². The molecule has 9 heteroatoms. The highest BCUT2D eigenvalue weighted by Gasteiger charge is 2.13. The molecule has 2 aromatic carbocycles. The van der Waals surface area contributed by atoms with Gasteiger partial charge in [0.1, 0.15) is 17.4 Å². The lowest BCUT2D eigenvalue weighted by Crippen LogP contribution is -2.24. The first kappa shape index (κ1) is 23.1. The normalized spacial score (nSPS) is 10.5. The van der Waals surface area contributed by atoms with Crippen molar-refractivity contribution >= 4 is 52.0 Å². The lowest BCUT2D eigenvalue weighted by atomic mass is 10.2. The Kier molecular flexibility index (Phi) is 8.28. The Hall–Kier alpha value is -2.61. The van der Waals surface area contributed by atoms with E-state index in [1.54, 1.807) is 42.5 Å². The number of anilines is 1. The lowest BCUT2D eigenvalue weighted by Gasteiger charge is -2.09. The molecule has 6 nitrogen and oxygen atoms in total. The average molecular weight is 478 g/mol. The first-order chi connectivity index (χ1) is 14.9. The fourth-order valence-electron chi connectivity index (χ4n) is 2.65. The molecule has 0 saturated carbocycles. The van der Waals surface area contributed by atoms with Gasteiger partial charge < -0.3 is 15.4 Å². The number of halogens is 2. The highest BCUT2D eigenvalue weighted by Crippen LogP contribution is 2.22. The van der Waals surface area contributed by atoms with Crippen LogP contribution in [0, 0.1) is 0 Å². The highest BCUT2D eigenvalue weighted by atomic mass is 35.5. The van der Waals surface area contributed by atoms with Crippen molar-refractivity contribution in [3.05, 3.63) is 74.2 Å². The Balaban J connectivity index is 1.52. The second-order valence-electron chi connectivity index (χ2n) is 6.65. The Morgan fingerprint density at radius 2 is 1.90 bits per heavy atom. The number of aromatic nitrogens is 1. The van der Waals surface area contributed by atoms with Crippen molar-refractivity contribution in [2.75, 3.05) is 11.9 Å². The quantitative estimate of drug-likeness (QED) is 0.435. The zero-order valence-electron chi connectivity index (χ0n) is 16.8. The number of amides is 2. The summed E-state index contributed by atoms with van der Waals surface area (Å²) in [7, 11) is 0. The van der Waals surface area contributed by atoms with Gasteiger partial charge in [0.05, 0.1) is 22.7 Å². The molecule has 0 bridgehead atoms. The number of nitrogens with zero attached hydrogens (tertiary/aromatic N) is 1. The van der Waals surface area contributed by atoms with Crippen LogP contribution in [-0.2, 0) is 17.8 Å². The van der Waals surface area contributed by atoms with Gasteiger partial charge >= 0.3 is 0 Å². The van der Waals surface area contributed by atoms with E-state index in [0.29, 0.717) is 40.9 Å². The van der Waals surface area contributed by atoms with E-state index in [-0.39, 0.29) is 23.3 Å². The van der Waals surface area contributed by atoms with Gasteiger partial charge in [0.2, 0.25) is 5.91 Å². The maximum absolute atomic E-state index is 12.4. The van der Waals surface area contributed by atoms with Crippen LogP contribution in [0.25, 0.3) is 0 Å². The fraction of sp³-hybridized carbons (Fsp3) is 0.227. The number of benzene rings is 2. The second-order valence-corrected chi connectivity index (χ2v) is 8.44. The number of carbonyl (C=O) groups is 2. The molecule has 0 aliphatic rings. The van der Waals surface area contributed by atoms with E-state index < -0.39 is 0 Å². The molecule has 31 heavy (non-hydrogen) atoms. The van der Waals surface area contributed by atoms with Crippen LogP contribution in [0.3, 0.4) is 0 Å². The summed E-state index contributed by atoms with van der Waals surface area (Å²) in [5.74, 6) is 0.234. The van der Waals surface area contributed by atoms with Gasteiger partial charge in [-0.15, -0.1) is 11.3 Å². The Labute approximate surface area is 194 Å². The first-order valence-electron chi connectivity index (χ1n) is 9.64. The van der Waals surface area contributed by atoms with Crippen LogP contribution >= 0.6 is 34.5 Å². The maximum Gasteiger partial charge on any atom is 0.252 e. The third kappa shape index (κ3) is 6.95. The fourth-order valence-corrected chi connectivity index (χ4v) is 3.75. The van der Waals surface area contributed by atoms with Crippen molar-refractivity contribution in [1.82, 2.24) is 10.3 Å². The summed E-state index contributed by atoms with van der Waals surface area (Å²) in [6, 6.07) is 11.9. The molecule has 1 heterocycles. The van der Waals surface area contributed by atoms with Crippen molar-refractivity contribution in [1.29, 1.82) is 0 Å². The van der Waals surface area contributed by atoms with Crippen molar-refractivity contribution < 1.29 is 14.3 Å². The Morgan fingerprint density at radius 1 is 1.13 bits per heavy atom. The van der Waals surface area contributed by atoms with Crippen molar-refractivity contribution in [3.8, 4) is 5.75 Å². The molecule has 0 unspecified atom stereocenters. The average Bonchev–Trinajstić information content (AvgIpc) is 3.18. The van der Waals surface area contributed by atoms with E-state index in [4.69, 9.17) is 27.9 Å². The molecule has 2 amide bonds. The zero-order valence-corrected chi connectivity index (χ0v) is 19.1. The molecule has 3 aromatic rings. The molecule has 0 radical (unpaired) electrons. The molecule has 162 valence electrons. The summed E-state index contributed by atoms with van der Waals surface area (Å²) in [6.45, 7) is 2.86. The van der Waals surface area contributed by atoms with E-state index in [1.807, 2.05) is 12.3 Å². The van der Waals surface area contributed by atoms with E-state index in [2.05, 4.69) is 15.6 Å². The van der Waals surface area contributed by atoms with Crippen LogP contribution in [0.5, 0.6) is 5.75 Å². The minimum atomic E-state index is -0.236. The third-order valence-corrected chi connectivity index (χ3v) is 5.59. The summed E-state index contributed by atoms with van der Waals surface area (Å²) in [4.78, 5) is 28.9. The summed E-state index contributed by atoms with van der Waals surface area (Å²) in [6.07, 6.45) is 0.955. The van der Waals surface area contributed by atoms with E-state index >= 15 is 0 Å². The zero-order chi connectivity index (χ0) is 22.2. The van der Waals surface area contributed by atoms with Crippen molar-refractivity contribution in [2.45, 2.75) is 26.4 Å². The molecule has 0 fully saturated rings. The second kappa shape index (κ2) is 11.1. The molecule has 0 aliphatic heterocycles. The standard InChI is InChI=1S/C22H21Cl2N3O3S/c1-2-9-25-22(29)18-8-5-15(10-19(18)24)26-20(28)11-16-13-31-21(27-16)12-30-17-6-3-14(23)4-7-17/h3-8,10,13H,2,9,11-12H2,1H3,(H,25,29)(H,26,28). The molecule has 3 rings (SSSR count). The minimum absolute atomic E-state index is 0.119. The summed E-state index contributed by atoms with van der Waals surface area (Å²) in [5, 5.41) is 9.07. The van der Waals surface area contributed by atoms with Gasteiger partial charge in [0, 0.05) is 22.6 Å². The number of rotatable bonds is 9. The van der Waals surface area contributed by atoms with Gasteiger partial charge in [0.25, 0.3) is 5.91 Å². The van der Waals surface area contributed by atoms with E-state index in [0.717, 1.165) is 11.4 Å². The molecule has 0 atom stereocenters. The Morgan fingerprint density at radius 3 is 2.61 bits per heavy atom. The number of ether oxygens (including phenoxy) is 1. The van der Waals surface area contributed by atoms with E-state index in [1.165, 1.54) is 11.3 Å². The SMILES string of the molecule is CCCNC(=O)c1ccc(NC(=O)Cc2csc(COc3ccc(Cl)cc3)n2)cc1Cl. The predicted molar refractivity (Wildman–Crippen MR) is 124 cm³/mol. The maximum atomic E-state index is 12.4. The van der Waals surface area contributed by atoms with E-state index in [9.17, 15) is 9.59 Å². The van der Waals surface area contributed by atoms with Crippen LogP contribution in [0.15, 0.2) is 47.8 Å². The third-order valence-electron chi connectivity index (χ3n) is 4.15. The monoisotopic (exact) mass is 477 g/mol. The van der Waals surface area contributed by atoms with Gasteiger partial charge in [-0.2, -0.15) is 0 Å². The molecular weight excluding hydrogens is 457 g/mol. The van der Waals surface area contributed by atoms with Crippen molar-refractivity contribution in [2.24, 2.45) is 0 Å². The van der Waals surface area contributed by atoms with Crippen molar-refractivity contribution in [3.63, 3.8) is 0 Å². The van der Waals surface area contributed by atoms with Crippen LogP contribution in [0.1, 0.15) is 34.4 Å². The first-order valence-corrected chi connectivity index (χ1v) is 11.3. The van der Waals surface area contributed by atoms with Gasteiger partial charge in [-0.25, -0.2) is 4.98 Å². The van der Waals surface area contributed by atoms with Gasteiger partial charge in [0.15, 0.2) is 0 Å². The highest BCUT2D eigenvalue weighted by molar-refractivity contribution is 7.09. The number of nitrogens with one attached hydrogen (secondary N) is 2. The largest absolute Gasteiger partial charge is 0.486 e. The van der Waals surface area contributed by atoms with Crippen LogP contribution in [0.4, 0.5) is 5.69 Å². The number of hydrogen-bond donors (Lipinski definition) is 2. The molecular formula is C22H21Cl2N3O3S. The van der Waals surface area contributed by atoms with Crippen LogP contribution in [0.2, 0.25) is 10.0 Å². The number of hydrogen-bond acceptors (Lipinski definition) is 5. The predicted octanol–water partition coefficient (Wildman–Crippen LogP) is 5.35. The topological polar surface area (TPSA) is 80.3 Å². The summed E-state index contributed by atoms with van der Waals surface area (Å²) in [5.41, 5.74) is 1.54. The van der Waals surface area contributed by atoms with Crippen LogP contribution < -0.4 is 15.4 Å². The summed E-state index contributed by atoms with van der Waals surface area (Å²) < 4.78 is 5.67.